The molecule has 0 saturated heterocycles. The van der Waals surface area contributed by atoms with Gasteiger partial charge in [-0.3, -0.25) is 9.59 Å². The average Bonchev–Trinajstić information content (AvgIpc) is 2.73. The Morgan fingerprint density at radius 1 is 1.12 bits per heavy atom. The van der Waals surface area contributed by atoms with Crippen molar-refractivity contribution in [2.75, 3.05) is 0 Å². The van der Waals surface area contributed by atoms with Gasteiger partial charge in [0.05, 0.1) is 6.42 Å². The Morgan fingerprint density at radius 3 is 2.33 bits per heavy atom. The number of fused-ring (bicyclic) bond motifs is 1. The van der Waals surface area contributed by atoms with Gasteiger partial charge in [-0.05, 0) is 55.0 Å². The largest absolute Gasteiger partial charge is 0.481 e. The maximum atomic E-state index is 12.6. The molecule has 1 aromatic heterocycles. The first kappa shape index (κ1) is 16.5. The van der Waals surface area contributed by atoms with Gasteiger partial charge in [-0.15, -0.1) is 0 Å². The van der Waals surface area contributed by atoms with Crippen LogP contribution >= 0.6 is 0 Å². The molecule has 1 aromatic carbocycles. The molecule has 126 valence electrons. The van der Waals surface area contributed by atoms with Gasteiger partial charge in [-0.25, -0.2) is 0 Å². The Balaban J connectivity index is 2.26. The monoisotopic (exact) mass is 325 g/mol. The zero-order valence-electron chi connectivity index (χ0n) is 14.6. The number of rotatable bonds is 3. The van der Waals surface area contributed by atoms with Crippen molar-refractivity contribution in [2.45, 2.75) is 47.0 Å². The molecule has 4 heteroatoms. The number of carboxylic acid groups (broad SMARTS) is 1. The average molecular weight is 325 g/mol. The first-order valence-electron chi connectivity index (χ1n) is 8.23. The van der Waals surface area contributed by atoms with Crippen molar-refractivity contribution in [3.05, 3.63) is 52.3 Å². The van der Waals surface area contributed by atoms with Crippen LogP contribution in [-0.4, -0.2) is 21.4 Å². The van der Waals surface area contributed by atoms with Gasteiger partial charge in [0.25, 0.3) is 0 Å². The van der Waals surface area contributed by atoms with Crippen LogP contribution in [-0.2, 0) is 17.6 Å². The van der Waals surface area contributed by atoms with Crippen LogP contribution in [0, 0.1) is 19.3 Å². The predicted molar refractivity (Wildman–Crippen MR) is 93.0 cm³/mol. The standard InChI is InChI=1S/C20H23NO3/c1-12-5-13(2)7-14(6-12)21-15(9-19(23)24)8-16-17(21)10-20(3,4)11-18(16)22/h5-8H,9-11H2,1-4H3,(H,23,24). The fraction of sp³-hybridized carbons (Fsp3) is 0.400. The van der Waals surface area contributed by atoms with Crippen LogP contribution in [0.15, 0.2) is 24.3 Å². The summed E-state index contributed by atoms with van der Waals surface area (Å²) in [5.41, 5.74) is 5.37. The minimum absolute atomic E-state index is 0.0896. The summed E-state index contributed by atoms with van der Waals surface area (Å²) in [6, 6.07) is 7.96. The molecule has 0 unspecified atom stereocenters. The van der Waals surface area contributed by atoms with E-state index in [2.05, 4.69) is 19.9 Å². The maximum absolute atomic E-state index is 12.6. The van der Waals surface area contributed by atoms with E-state index in [1.807, 2.05) is 30.5 Å². The number of aryl methyl sites for hydroxylation is 2. The number of carbonyl (C=O) groups excluding carboxylic acids is 1. The maximum Gasteiger partial charge on any atom is 0.309 e. The zero-order chi connectivity index (χ0) is 17.6. The van der Waals surface area contributed by atoms with Crippen molar-refractivity contribution in [2.24, 2.45) is 5.41 Å². The van der Waals surface area contributed by atoms with Crippen LogP contribution in [0.2, 0.25) is 0 Å². The summed E-state index contributed by atoms with van der Waals surface area (Å²) < 4.78 is 1.99. The third-order valence-corrected chi connectivity index (χ3v) is 4.56. The van der Waals surface area contributed by atoms with Crippen LogP contribution in [0.1, 0.15) is 53.1 Å². The molecule has 1 heterocycles. The zero-order valence-corrected chi connectivity index (χ0v) is 14.6. The van der Waals surface area contributed by atoms with E-state index in [0.29, 0.717) is 17.7 Å². The molecule has 0 atom stereocenters. The van der Waals surface area contributed by atoms with Crippen molar-refractivity contribution < 1.29 is 14.7 Å². The first-order chi connectivity index (χ1) is 11.2. The normalized spacial score (nSPS) is 16.1. The van der Waals surface area contributed by atoms with E-state index in [4.69, 9.17) is 0 Å². The van der Waals surface area contributed by atoms with E-state index < -0.39 is 5.97 Å². The molecule has 4 nitrogen and oxygen atoms in total. The number of carbonyl (C=O) groups is 2. The van der Waals surface area contributed by atoms with Gasteiger partial charge >= 0.3 is 5.97 Å². The van der Waals surface area contributed by atoms with Crippen molar-refractivity contribution in [1.29, 1.82) is 0 Å². The first-order valence-corrected chi connectivity index (χ1v) is 8.23. The lowest BCUT2D eigenvalue weighted by Gasteiger charge is -2.30. The molecule has 0 aliphatic heterocycles. The number of carboxylic acids is 1. The van der Waals surface area contributed by atoms with E-state index in [1.54, 1.807) is 6.07 Å². The number of benzene rings is 1. The number of ketones is 1. The van der Waals surface area contributed by atoms with Crippen LogP contribution < -0.4 is 0 Å². The van der Waals surface area contributed by atoms with Crippen LogP contribution in [0.5, 0.6) is 0 Å². The second-order valence-corrected chi connectivity index (χ2v) is 7.69. The molecular weight excluding hydrogens is 302 g/mol. The highest BCUT2D eigenvalue weighted by atomic mass is 16.4. The van der Waals surface area contributed by atoms with Gasteiger partial charge in [0, 0.05) is 29.1 Å². The Morgan fingerprint density at radius 2 is 1.75 bits per heavy atom. The molecule has 0 saturated carbocycles. The van der Waals surface area contributed by atoms with E-state index in [9.17, 15) is 14.7 Å². The fourth-order valence-electron chi connectivity index (χ4n) is 3.76. The lowest BCUT2D eigenvalue weighted by molar-refractivity contribution is -0.136. The summed E-state index contributed by atoms with van der Waals surface area (Å²) >= 11 is 0. The van der Waals surface area contributed by atoms with E-state index in [0.717, 1.165) is 28.9 Å². The van der Waals surface area contributed by atoms with Crippen molar-refractivity contribution >= 4 is 11.8 Å². The minimum atomic E-state index is -0.887. The SMILES string of the molecule is Cc1cc(C)cc(-n2c(CC(=O)O)cc3c2CC(C)(C)CC3=O)c1. The summed E-state index contributed by atoms with van der Waals surface area (Å²) in [6.07, 6.45) is 1.18. The van der Waals surface area contributed by atoms with E-state index in [1.165, 1.54) is 0 Å². The van der Waals surface area contributed by atoms with Crippen LogP contribution in [0.3, 0.4) is 0 Å². The van der Waals surface area contributed by atoms with Crippen molar-refractivity contribution in [3.63, 3.8) is 0 Å². The number of nitrogens with zero attached hydrogens (tertiary/aromatic N) is 1. The molecule has 24 heavy (non-hydrogen) atoms. The second kappa shape index (κ2) is 5.62. The molecular formula is C20H23NO3. The van der Waals surface area contributed by atoms with Gasteiger partial charge < -0.3 is 9.67 Å². The van der Waals surface area contributed by atoms with Crippen LogP contribution in [0.25, 0.3) is 5.69 Å². The smallest absolute Gasteiger partial charge is 0.309 e. The lowest BCUT2D eigenvalue weighted by Crippen LogP contribution is -2.28. The summed E-state index contributed by atoms with van der Waals surface area (Å²) in [6.45, 7) is 8.23. The van der Waals surface area contributed by atoms with E-state index >= 15 is 0 Å². The molecule has 1 aliphatic carbocycles. The molecule has 1 aliphatic rings. The summed E-state index contributed by atoms with van der Waals surface area (Å²) in [5, 5.41) is 9.28. The number of hydrogen-bond donors (Lipinski definition) is 1. The van der Waals surface area contributed by atoms with E-state index in [-0.39, 0.29) is 17.6 Å². The highest BCUT2D eigenvalue weighted by Gasteiger charge is 2.35. The Labute approximate surface area is 142 Å². The van der Waals surface area contributed by atoms with Gasteiger partial charge in [0.2, 0.25) is 0 Å². The minimum Gasteiger partial charge on any atom is -0.481 e. The second-order valence-electron chi connectivity index (χ2n) is 7.69. The summed E-state index contributed by atoms with van der Waals surface area (Å²) in [4.78, 5) is 23.9. The molecule has 2 aromatic rings. The molecule has 0 bridgehead atoms. The van der Waals surface area contributed by atoms with Gasteiger partial charge in [-0.1, -0.05) is 19.9 Å². The molecule has 0 spiro atoms. The van der Waals surface area contributed by atoms with Gasteiger partial charge in [0.15, 0.2) is 5.78 Å². The number of aliphatic carboxylic acids is 1. The van der Waals surface area contributed by atoms with Gasteiger partial charge in [-0.2, -0.15) is 0 Å². The summed E-state index contributed by atoms with van der Waals surface area (Å²) in [7, 11) is 0. The van der Waals surface area contributed by atoms with Crippen molar-refractivity contribution in [1.82, 2.24) is 4.57 Å². The van der Waals surface area contributed by atoms with Crippen LogP contribution in [0.4, 0.5) is 0 Å². The topological polar surface area (TPSA) is 59.3 Å². The molecule has 0 amide bonds. The Kier molecular flexibility index (Phi) is 3.86. The number of aromatic nitrogens is 1. The number of hydrogen-bond acceptors (Lipinski definition) is 2. The van der Waals surface area contributed by atoms with Crippen molar-refractivity contribution in [3.8, 4) is 5.69 Å². The fourth-order valence-corrected chi connectivity index (χ4v) is 3.76. The third kappa shape index (κ3) is 3.01. The molecule has 0 radical (unpaired) electrons. The number of Topliss-reactive ketones (excluding diaryl/α,β-unsaturated/α-hetero) is 1. The molecule has 0 fully saturated rings. The quantitative estimate of drug-likeness (QED) is 0.931. The molecule has 1 N–H and O–H groups in total. The highest BCUT2D eigenvalue weighted by molar-refractivity contribution is 5.99. The molecule has 3 rings (SSSR count). The Hall–Kier alpha value is -2.36. The third-order valence-electron chi connectivity index (χ3n) is 4.56. The lowest BCUT2D eigenvalue weighted by atomic mass is 9.76. The highest BCUT2D eigenvalue weighted by Crippen LogP contribution is 2.38. The van der Waals surface area contributed by atoms with Gasteiger partial charge in [0.1, 0.15) is 0 Å². The summed E-state index contributed by atoms with van der Waals surface area (Å²) in [5.74, 6) is -0.779. The Bertz CT molecular complexity index is 823. The predicted octanol–water partition coefficient (Wildman–Crippen LogP) is 3.88.